The van der Waals surface area contributed by atoms with Crippen LogP contribution in [0.1, 0.15) is 73.1 Å². The molecule has 1 saturated heterocycles. The van der Waals surface area contributed by atoms with Crippen molar-refractivity contribution in [2.45, 2.75) is 85.0 Å². The topological polar surface area (TPSA) is 18.5 Å². The van der Waals surface area contributed by atoms with Gasteiger partial charge in [0.25, 0.3) is 0 Å². The Hall–Kier alpha value is -0.0800. The molecule has 1 heterocycles. The van der Waals surface area contributed by atoms with E-state index in [4.69, 9.17) is 9.47 Å². The molecule has 2 fully saturated rings. The number of ether oxygens (including phenoxy) is 2. The predicted molar refractivity (Wildman–Crippen MR) is 79.0 cm³/mol. The Morgan fingerprint density at radius 1 is 1.21 bits per heavy atom. The molecule has 1 saturated carbocycles. The molecule has 2 nitrogen and oxygen atoms in total. The fraction of sp³-hybridized carbons (Fsp3) is 1.00. The number of rotatable bonds is 4. The van der Waals surface area contributed by atoms with Crippen LogP contribution in [0.5, 0.6) is 0 Å². The van der Waals surface area contributed by atoms with Crippen LogP contribution < -0.4 is 0 Å². The molecule has 0 aromatic rings. The van der Waals surface area contributed by atoms with E-state index in [2.05, 4.69) is 34.6 Å². The lowest BCUT2D eigenvalue weighted by atomic mass is 9.66. The van der Waals surface area contributed by atoms with Crippen molar-refractivity contribution < 1.29 is 9.47 Å². The summed E-state index contributed by atoms with van der Waals surface area (Å²) >= 11 is 0. The third kappa shape index (κ3) is 3.52. The van der Waals surface area contributed by atoms with Gasteiger partial charge in [0.2, 0.25) is 0 Å². The van der Waals surface area contributed by atoms with Crippen molar-refractivity contribution in [2.24, 2.45) is 17.3 Å². The third-order valence-corrected chi connectivity index (χ3v) is 5.16. The average molecular weight is 268 g/mol. The van der Waals surface area contributed by atoms with Crippen LogP contribution in [0.3, 0.4) is 0 Å². The molecule has 1 atom stereocenters. The van der Waals surface area contributed by atoms with Crippen molar-refractivity contribution in [2.75, 3.05) is 6.61 Å². The van der Waals surface area contributed by atoms with Crippen LogP contribution in [-0.2, 0) is 9.47 Å². The molecular weight excluding hydrogens is 236 g/mol. The van der Waals surface area contributed by atoms with E-state index in [0.29, 0.717) is 11.5 Å². The molecular formula is C17H32O2. The van der Waals surface area contributed by atoms with Crippen LogP contribution in [0.25, 0.3) is 0 Å². The first kappa shape index (κ1) is 15.3. The molecule has 0 amide bonds. The average Bonchev–Trinajstić information content (AvgIpc) is 2.71. The first-order valence-corrected chi connectivity index (χ1v) is 8.19. The molecule has 1 unspecified atom stereocenters. The number of hydrogen-bond donors (Lipinski definition) is 0. The maximum Gasteiger partial charge on any atom is 0.168 e. The van der Waals surface area contributed by atoms with Gasteiger partial charge in [-0.3, -0.25) is 0 Å². The second-order valence-corrected chi connectivity index (χ2v) is 7.73. The molecule has 0 radical (unpaired) electrons. The summed E-state index contributed by atoms with van der Waals surface area (Å²) in [5.74, 6) is 1.40. The Kier molecular flexibility index (Phi) is 4.62. The van der Waals surface area contributed by atoms with Gasteiger partial charge in [0, 0.05) is 12.8 Å². The molecule has 0 aromatic heterocycles. The highest BCUT2D eigenvalue weighted by Crippen LogP contribution is 2.47. The molecule has 1 aliphatic heterocycles. The SMILES string of the molecule is CCC1COC2(CCC(C(C)(C)CC(C)C)CC2)O1. The maximum absolute atomic E-state index is 6.16. The van der Waals surface area contributed by atoms with Gasteiger partial charge in [0.15, 0.2) is 5.79 Å². The number of hydrogen-bond acceptors (Lipinski definition) is 2. The molecule has 1 spiro atoms. The summed E-state index contributed by atoms with van der Waals surface area (Å²) in [6, 6.07) is 0. The van der Waals surface area contributed by atoms with Crippen molar-refractivity contribution in [3.63, 3.8) is 0 Å². The van der Waals surface area contributed by atoms with Gasteiger partial charge in [-0.15, -0.1) is 0 Å². The van der Waals surface area contributed by atoms with Gasteiger partial charge in [0.05, 0.1) is 12.7 Å². The van der Waals surface area contributed by atoms with E-state index in [1.165, 1.54) is 19.3 Å². The second kappa shape index (κ2) is 5.73. The standard InChI is InChI=1S/C17H32O2/c1-6-15-12-18-17(19-15)9-7-14(8-10-17)16(4,5)11-13(2)3/h13-15H,6-12H2,1-5H3. The zero-order valence-corrected chi connectivity index (χ0v) is 13.5. The van der Waals surface area contributed by atoms with E-state index in [0.717, 1.165) is 37.7 Å². The van der Waals surface area contributed by atoms with Gasteiger partial charge in [-0.1, -0.05) is 34.6 Å². The minimum atomic E-state index is -0.217. The van der Waals surface area contributed by atoms with Crippen molar-refractivity contribution in [3.8, 4) is 0 Å². The van der Waals surface area contributed by atoms with E-state index in [1.807, 2.05) is 0 Å². The first-order chi connectivity index (χ1) is 8.87. The molecule has 1 aliphatic carbocycles. The van der Waals surface area contributed by atoms with Crippen molar-refractivity contribution in [1.82, 2.24) is 0 Å². The molecule has 112 valence electrons. The highest BCUT2D eigenvalue weighted by atomic mass is 16.7. The minimum Gasteiger partial charge on any atom is -0.347 e. The van der Waals surface area contributed by atoms with Crippen molar-refractivity contribution in [3.05, 3.63) is 0 Å². The molecule has 2 rings (SSSR count). The largest absolute Gasteiger partial charge is 0.347 e. The Bertz CT molecular complexity index is 288. The Labute approximate surface area is 119 Å². The normalized spacial score (nSPS) is 36.3. The summed E-state index contributed by atoms with van der Waals surface area (Å²) in [5.41, 5.74) is 0.457. The lowest BCUT2D eigenvalue weighted by Crippen LogP contribution is -2.39. The quantitative estimate of drug-likeness (QED) is 0.731. The minimum absolute atomic E-state index is 0.217. The molecule has 2 heteroatoms. The summed E-state index contributed by atoms with van der Waals surface area (Å²) in [4.78, 5) is 0. The van der Waals surface area contributed by atoms with E-state index < -0.39 is 0 Å². The van der Waals surface area contributed by atoms with Gasteiger partial charge in [0.1, 0.15) is 0 Å². The lowest BCUT2D eigenvalue weighted by Gasteiger charge is -2.43. The summed E-state index contributed by atoms with van der Waals surface area (Å²) < 4.78 is 12.2. The van der Waals surface area contributed by atoms with Gasteiger partial charge in [-0.25, -0.2) is 0 Å². The molecule has 0 bridgehead atoms. The zero-order valence-electron chi connectivity index (χ0n) is 13.5. The van der Waals surface area contributed by atoms with Crippen LogP contribution >= 0.6 is 0 Å². The summed E-state index contributed by atoms with van der Waals surface area (Å²) in [6.45, 7) is 12.5. The van der Waals surface area contributed by atoms with E-state index in [1.54, 1.807) is 0 Å². The lowest BCUT2D eigenvalue weighted by molar-refractivity contribution is -0.197. The van der Waals surface area contributed by atoms with Gasteiger partial charge in [-0.2, -0.15) is 0 Å². The Balaban J connectivity index is 1.89. The monoisotopic (exact) mass is 268 g/mol. The zero-order chi connectivity index (χ0) is 14.1. The molecule has 19 heavy (non-hydrogen) atoms. The predicted octanol–water partition coefficient (Wildman–Crippen LogP) is 4.77. The molecule has 0 N–H and O–H groups in total. The molecule has 2 aliphatic rings. The summed E-state index contributed by atoms with van der Waals surface area (Å²) in [7, 11) is 0. The molecule has 0 aromatic carbocycles. The van der Waals surface area contributed by atoms with Crippen LogP contribution in [-0.4, -0.2) is 18.5 Å². The van der Waals surface area contributed by atoms with Crippen LogP contribution in [0, 0.1) is 17.3 Å². The Morgan fingerprint density at radius 2 is 1.84 bits per heavy atom. The fourth-order valence-corrected chi connectivity index (χ4v) is 4.14. The van der Waals surface area contributed by atoms with Crippen molar-refractivity contribution >= 4 is 0 Å². The van der Waals surface area contributed by atoms with Crippen LogP contribution in [0.15, 0.2) is 0 Å². The summed E-state index contributed by atoms with van der Waals surface area (Å²) in [6.07, 6.45) is 7.44. The smallest absolute Gasteiger partial charge is 0.168 e. The van der Waals surface area contributed by atoms with Crippen molar-refractivity contribution in [1.29, 1.82) is 0 Å². The fourth-order valence-electron chi connectivity index (χ4n) is 4.14. The van der Waals surface area contributed by atoms with E-state index in [-0.39, 0.29) is 5.79 Å². The first-order valence-electron chi connectivity index (χ1n) is 8.19. The van der Waals surface area contributed by atoms with Crippen LogP contribution in [0.4, 0.5) is 0 Å². The second-order valence-electron chi connectivity index (χ2n) is 7.73. The highest BCUT2D eigenvalue weighted by Gasteiger charge is 2.46. The third-order valence-electron chi connectivity index (χ3n) is 5.16. The van der Waals surface area contributed by atoms with Crippen LogP contribution in [0.2, 0.25) is 0 Å². The highest BCUT2D eigenvalue weighted by molar-refractivity contribution is 4.90. The van der Waals surface area contributed by atoms with E-state index >= 15 is 0 Å². The van der Waals surface area contributed by atoms with Gasteiger partial charge in [-0.05, 0) is 42.9 Å². The van der Waals surface area contributed by atoms with Gasteiger partial charge >= 0.3 is 0 Å². The maximum atomic E-state index is 6.16. The van der Waals surface area contributed by atoms with Gasteiger partial charge < -0.3 is 9.47 Å². The van der Waals surface area contributed by atoms with E-state index in [9.17, 15) is 0 Å². The summed E-state index contributed by atoms with van der Waals surface area (Å²) in [5, 5.41) is 0. The Morgan fingerprint density at radius 3 is 2.32 bits per heavy atom.